The minimum absolute atomic E-state index is 0.321. The summed E-state index contributed by atoms with van der Waals surface area (Å²) >= 11 is 0. The first-order valence-electron chi connectivity index (χ1n) is 9.15. The van der Waals surface area contributed by atoms with Gasteiger partial charge in [-0.15, -0.1) is 5.10 Å². The number of ether oxygens (including phenoxy) is 2. The van der Waals surface area contributed by atoms with Gasteiger partial charge in [0.15, 0.2) is 17.3 Å². The molecule has 0 atom stereocenters. The van der Waals surface area contributed by atoms with E-state index in [1.165, 1.54) is 18.4 Å². The highest BCUT2D eigenvalue weighted by Crippen LogP contribution is 2.33. The van der Waals surface area contributed by atoms with E-state index in [0.717, 1.165) is 50.0 Å². The maximum Gasteiger partial charge on any atom is 0.244 e. The highest BCUT2D eigenvalue weighted by Gasteiger charge is 2.23. The molecular weight excluding hydrogens is 332 g/mol. The molecule has 1 N–H and O–H groups in total. The quantitative estimate of drug-likeness (QED) is 0.866. The Morgan fingerprint density at radius 1 is 1.08 bits per heavy atom. The Morgan fingerprint density at radius 2 is 1.92 bits per heavy atom. The highest BCUT2D eigenvalue weighted by atomic mass is 16.7. The number of fused-ring (bicyclic) bond motifs is 1. The molecule has 2 fully saturated rings. The van der Waals surface area contributed by atoms with Crippen molar-refractivity contribution in [1.29, 1.82) is 0 Å². The van der Waals surface area contributed by atoms with Crippen molar-refractivity contribution in [2.24, 2.45) is 0 Å². The number of nitrogens with one attached hydrogen (secondary N) is 1. The molecule has 0 amide bonds. The number of hydrogen-bond donors (Lipinski definition) is 1. The molecule has 1 aliphatic carbocycles. The lowest BCUT2D eigenvalue weighted by Crippen LogP contribution is -2.46. The summed E-state index contributed by atoms with van der Waals surface area (Å²) in [6.07, 6.45) is 4.16. The lowest BCUT2D eigenvalue weighted by molar-refractivity contribution is 0.174. The third-order valence-corrected chi connectivity index (χ3v) is 5.00. The molecule has 3 heterocycles. The van der Waals surface area contributed by atoms with Crippen molar-refractivity contribution in [2.75, 3.05) is 43.2 Å². The Labute approximate surface area is 152 Å². The number of rotatable bonds is 5. The first-order valence-corrected chi connectivity index (χ1v) is 9.15. The number of nitrogens with zero attached hydrogens (tertiary/aromatic N) is 5. The van der Waals surface area contributed by atoms with Crippen molar-refractivity contribution in [3.05, 3.63) is 30.0 Å². The van der Waals surface area contributed by atoms with E-state index in [9.17, 15) is 0 Å². The molecule has 2 aromatic rings. The van der Waals surface area contributed by atoms with Gasteiger partial charge in [-0.2, -0.15) is 10.1 Å². The van der Waals surface area contributed by atoms with Crippen LogP contribution in [0.3, 0.4) is 0 Å². The lowest BCUT2D eigenvalue weighted by Gasteiger charge is -2.35. The third-order valence-electron chi connectivity index (χ3n) is 5.00. The number of hydrogen-bond acceptors (Lipinski definition) is 8. The minimum atomic E-state index is 0.321. The first-order chi connectivity index (χ1) is 12.8. The van der Waals surface area contributed by atoms with E-state index < -0.39 is 0 Å². The van der Waals surface area contributed by atoms with Gasteiger partial charge in [-0.05, 0) is 30.5 Å². The summed E-state index contributed by atoms with van der Waals surface area (Å²) in [4.78, 5) is 9.35. The molecule has 0 radical (unpaired) electrons. The summed E-state index contributed by atoms with van der Waals surface area (Å²) in [6.45, 7) is 5.09. The average molecular weight is 354 g/mol. The molecule has 5 rings (SSSR count). The zero-order valence-corrected chi connectivity index (χ0v) is 14.6. The first kappa shape index (κ1) is 15.6. The molecule has 8 nitrogen and oxygen atoms in total. The fourth-order valence-electron chi connectivity index (χ4n) is 3.35. The highest BCUT2D eigenvalue weighted by molar-refractivity contribution is 5.45. The maximum absolute atomic E-state index is 5.47. The molecule has 0 unspecified atom stereocenters. The monoisotopic (exact) mass is 354 g/mol. The number of anilines is 2. The zero-order chi connectivity index (χ0) is 17.3. The van der Waals surface area contributed by atoms with Gasteiger partial charge in [0.2, 0.25) is 12.7 Å². The second-order valence-electron chi connectivity index (χ2n) is 7.01. The van der Waals surface area contributed by atoms with Crippen molar-refractivity contribution in [2.45, 2.75) is 25.4 Å². The SMILES string of the molecule is c1cc2c(cc1CN1CCN(c3cnnc(NC4CC4)n3)CC1)OCO2. The summed E-state index contributed by atoms with van der Waals surface area (Å²) in [5, 5.41) is 11.5. The topological polar surface area (TPSA) is 75.6 Å². The summed E-state index contributed by atoms with van der Waals surface area (Å²) in [7, 11) is 0. The van der Waals surface area contributed by atoms with Crippen LogP contribution < -0.4 is 19.7 Å². The standard InChI is InChI=1S/C18H22N6O2/c1-4-15-16(26-12-25-15)9-13(1)11-23-5-7-24(8-6-23)17-10-19-22-18(21-17)20-14-2-3-14/h1,4,9-10,14H,2-3,5-8,11-12H2,(H,20,21,22). The van der Waals surface area contributed by atoms with Crippen LogP contribution >= 0.6 is 0 Å². The third kappa shape index (κ3) is 3.37. The molecule has 26 heavy (non-hydrogen) atoms. The summed E-state index contributed by atoms with van der Waals surface area (Å²) in [5.41, 5.74) is 1.25. The molecule has 1 aromatic heterocycles. The predicted molar refractivity (Wildman–Crippen MR) is 96.5 cm³/mol. The van der Waals surface area contributed by atoms with Crippen LogP contribution in [-0.2, 0) is 6.54 Å². The van der Waals surface area contributed by atoms with E-state index in [4.69, 9.17) is 9.47 Å². The maximum atomic E-state index is 5.47. The Kier molecular flexibility index (Phi) is 3.97. The fraction of sp³-hybridized carbons (Fsp3) is 0.500. The van der Waals surface area contributed by atoms with Gasteiger partial charge in [0.05, 0.1) is 6.20 Å². The molecule has 2 aliphatic heterocycles. The van der Waals surface area contributed by atoms with Crippen molar-refractivity contribution >= 4 is 11.8 Å². The van der Waals surface area contributed by atoms with E-state index in [1.807, 2.05) is 6.07 Å². The van der Waals surface area contributed by atoms with Crippen LogP contribution in [-0.4, -0.2) is 59.1 Å². The van der Waals surface area contributed by atoms with Gasteiger partial charge in [-0.25, -0.2) is 0 Å². The largest absolute Gasteiger partial charge is 0.454 e. The van der Waals surface area contributed by atoms with Crippen LogP contribution in [0, 0.1) is 0 Å². The van der Waals surface area contributed by atoms with Gasteiger partial charge in [0, 0.05) is 38.8 Å². The van der Waals surface area contributed by atoms with Crippen LogP contribution in [0.2, 0.25) is 0 Å². The molecule has 136 valence electrons. The van der Waals surface area contributed by atoms with Crippen molar-refractivity contribution in [3.8, 4) is 11.5 Å². The van der Waals surface area contributed by atoms with E-state index in [0.29, 0.717) is 18.8 Å². The Hall–Kier alpha value is -2.61. The predicted octanol–water partition coefficient (Wildman–Crippen LogP) is 1.50. The number of piperazine rings is 1. The van der Waals surface area contributed by atoms with Crippen LogP contribution in [0.5, 0.6) is 11.5 Å². The van der Waals surface area contributed by atoms with Gasteiger partial charge in [-0.3, -0.25) is 4.90 Å². The molecule has 1 saturated carbocycles. The van der Waals surface area contributed by atoms with E-state index in [-0.39, 0.29) is 0 Å². The van der Waals surface area contributed by atoms with Crippen molar-refractivity contribution in [3.63, 3.8) is 0 Å². The van der Waals surface area contributed by atoms with E-state index in [1.54, 1.807) is 6.20 Å². The van der Waals surface area contributed by atoms with Crippen LogP contribution in [0.4, 0.5) is 11.8 Å². The lowest BCUT2D eigenvalue weighted by atomic mass is 10.1. The fourth-order valence-corrected chi connectivity index (χ4v) is 3.35. The Bertz CT molecular complexity index is 789. The normalized spacial score (nSPS) is 19.6. The average Bonchev–Trinajstić information content (AvgIpc) is 3.36. The molecular formula is C18H22N6O2. The van der Waals surface area contributed by atoms with E-state index >= 15 is 0 Å². The van der Waals surface area contributed by atoms with E-state index in [2.05, 4.69) is 42.4 Å². The van der Waals surface area contributed by atoms with Gasteiger partial charge in [0.25, 0.3) is 0 Å². The smallest absolute Gasteiger partial charge is 0.244 e. The summed E-state index contributed by atoms with van der Waals surface area (Å²) < 4.78 is 10.8. The Balaban J connectivity index is 1.18. The van der Waals surface area contributed by atoms with Gasteiger partial charge < -0.3 is 19.7 Å². The molecule has 0 spiro atoms. The molecule has 0 bridgehead atoms. The molecule has 8 heteroatoms. The summed E-state index contributed by atoms with van der Waals surface area (Å²) in [5.74, 6) is 3.24. The molecule has 1 aromatic carbocycles. The van der Waals surface area contributed by atoms with Crippen LogP contribution in [0.15, 0.2) is 24.4 Å². The number of aromatic nitrogens is 3. The van der Waals surface area contributed by atoms with Crippen molar-refractivity contribution < 1.29 is 9.47 Å². The van der Waals surface area contributed by atoms with Gasteiger partial charge in [-0.1, -0.05) is 6.07 Å². The van der Waals surface area contributed by atoms with Crippen molar-refractivity contribution in [1.82, 2.24) is 20.1 Å². The van der Waals surface area contributed by atoms with Gasteiger partial charge in [0.1, 0.15) is 0 Å². The minimum Gasteiger partial charge on any atom is -0.454 e. The molecule has 3 aliphatic rings. The van der Waals surface area contributed by atoms with Crippen LogP contribution in [0.1, 0.15) is 18.4 Å². The number of benzene rings is 1. The second kappa shape index (κ2) is 6.60. The molecule has 1 saturated heterocycles. The Morgan fingerprint density at radius 3 is 2.77 bits per heavy atom. The zero-order valence-electron chi connectivity index (χ0n) is 14.6. The second-order valence-corrected chi connectivity index (χ2v) is 7.01. The summed E-state index contributed by atoms with van der Waals surface area (Å²) in [6, 6.07) is 6.73. The van der Waals surface area contributed by atoms with Gasteiger partial charge >= 0.3 is 0 Å². The van der Waals surface area contributed by atoms with Crippen LogP contribution in [0.25, 0.3) is 0 Å².